The number of carbonyl (C=O) groups is 1. The maximum absolute atomic E-state index is 13.0. The maximum Gasteiger partial charge on any atom is 0.273 e. The zero-order valence-corrected chi connectivity index (χ0v) is 15.6. The van der Waals surface area contributed by atoms with E-state index in [4.69, 9.17) is 4.74 Å². The van der Waals surface area contributed by atoms with Crippen LogP contribution in [0.5, 0.6) is 11.5 Å². The average molecular weight is 379 g/mol. The number of aromatic hydroxyl groups is 2. The Kier molecular flexibility index (Phi) is 4.52. The Morgan fingerprint density at radius 2 is 2.04 bits per heavy atom. The van der Waals surface area contributed by atoms with E-state index in [1.807, 2.05) is 25.1 Å². The lowest BCUT2D eigenvalue weighted by Gasteiger charge is -2.26. The van der Waals surface area contributed by atoms with Crippen molar-refractivity contribution < 1.29 is 19.7 Å². The summed E-state index contributed by atoms with van der Waals surface area (Å²) in [5, 5.41) is 27.6. The van der Waals surface area contributed by atoms with Gasteiger partial charge in [0.1, 0.15) is 22.9 Å². The molecule has 0 spiro atoms. The summed E-state index contributed by atoms with van der Waals surface area (Å²) in [6.07, 6.45) is 0. The van der Waals surface area contributed by atoms with Crippen LogP contribution >= 0.6 is 0 Å². The second-order valence-electron chi connectivity index (χ2n) is 6.87. The quantitative estimate of drug-likeness (QED) is 0.633. The Morgan fingerprint density at radius 1 is 1.21 bits per heavy atom. The smallest absolute Gasteiger partial charge is 0.273 e. The van der Waals surface area contributed by atoms with E-state index < -0.39 is 6.04 Å². The zero-order valence-electron chi connectivity index (χ0n) is 15.6. The lowest BCUT2D eigenvalue weighted by molar-refractivity contribution is 0.0677. The van der Waals surface area contributed by atoms with Crippen LogP contribution in [0.2, 0.25) is 0 Å². The molecule has 1 amide bonds. The molecule has 0 aliphatic carbocycles. The second-order valence-corrected chi connectivity index (χ2v) is 6.87. The monoisotopic (exact) mass is 379 g/mol. The number of phenols is 2. The molecule has 4 rings (SSSR count). The number of phenolic OH excluding ortho intramolecular Hbond substituents is 2. The summed E-state index contributed by atoms with van der Waals surface area (Å²) in [7, 11) is 1.58. The summed E-state index contributed by atoms with van der Waals surface area (Å²) >= 11 is 0. The fourth-order valence-electron chi connectivity index (χ4n) is 3.70. The van der Waals surface area contributed by atoms with Gasteiger partial charge in [-0.1, -0.05) is 23.8 Å². The maximum atomic E-state index is 13.0. The molecule has 3 aromatic rings. The van der Waals surface area contributed by atoms with Crippen LogP contribution in [-0.2, 0) is 4.74 Å². The highest BCUT2D eigenvalue weighted by Crippen LogP contribution is 2.44. The number of hydrogen-bond donors (Lipinski definition) is 3. The van der Waals surface area contributed by atoms with Gasteiger partial charge in [0.15, 0.2) is 0 Å². The van der Waals surface area contributed by atoms with Crippen LogP contribution < -0.4 is 0 Å². The van der Waals surface area contributed by atoms with Crippen molar-refractivity contribution in [3.63, 3.8) is 0 Å². The molecule has 28 heavy (non-hydrogen) atoms. The highest BCUT2D eigenvalue weighted by Gasteiger charge is 2.42. The molecular weight excluding hydrogens is 358 g/mol. The summed E-state index contributed by atoms with van der Waals surface area (Å²) in [5.74, 6) is 0.0252. The fourth-order valence-corrected chi connectivity index (χ4v) is 3.70. The molecule has 7 nitrogen and oxygen atoms in total. The van der Waals surface area contributed by atoms with Crippen molar-refractivity contribution in [2.24, 2.45) is 0 Å². The van der Waals surface area contributed by atoms with Gasteiger partial charge in [-0.15, -0.1) is 0 Å². The number of nitrogens with one attached hydrogen (secondary N) is 1. The van der Waals surface area contributed by atoms with Gasteiger partial charge in [0.2, 0.25) is 0 Å². The van der Waals surface area contributed by atoms with Crippen molar-refractivity contribution in [2.75, 3.05) is 20.3 Å². The molecule has 0 radical (unpaired) electrons. The fraction of sp³-hybridized carbons (Fsp3) is 0.238. The van der Waals surface area contributed by atoms with Gasteiger partial charge in [0.25, 0.3) is 5.91 Å². The molecule has 2 aromatic carbocycles. The molecule has 144 valence electrons. The van der Waals surface area contributed by atoms with Gasteiger partial charge in [-0.25, -0.2) is 0 Å². The number of carbonyl (C=O) groups excluding carboxylic acids is 1. The number of hydrogen-bond acceptors (Lipinski definition) is 5. The van der Waals surface area contributed by atoms with E-state index in [0.29, 0.717) is 35.7 Å². The number of benzene rings is 2. The first-order chi connectivity index (χ1) is 13.5. The highest BCUT2D eigenvalue weighted by atomic mass is 16.5. The SMILES string of the molecule is COCCN1C(=O)c2[nH]nc(-c3cc(C)ccc3O)c2[C@@H]1c1cccc(O)c1. The van der Waals surface area contributed by atoms with Gasteiger partial charge >= 0.3 is 0 Å². The molecule has 0 bridgehead atoms. The highest BCUT2D eigenvalue weighted by molar-refractivity contribution is 6.00. The Morgan fingerprint density at radius 3 is 2.79 bits per heavy atom. The number of methoxy groups -OCH3 is 1. The molecule has 1 aromatic heterocycles. The topological polar surface area (TPSA) is 98.7 Å². The summed E-state index contributed by atoms with van der Waals surface area (Å²) in [6, 6.07) is 11.7. The molecular formula is C21H21N3O4. The molecule has 0 saturated carbocycles. The zero-order chi connectivity index (χ0) is 19.8. The van der Waals surface area contributed by atoms with E-state index in [2.05, 4.69) is 10.2 Å². The number of aryl methyl sites for hydroxylation is 1. The predicted octanol–water partition coefficient (Wildman–Crippen LogP) is 2.99. The van der Waals surface area contributed by atoms with Crippen LogP contribution in [0, 0.1) is 6.92 Å². The van der Waals surface area contributed by atoms with Crippen LogP contribution in [-0.4, -0.2) is 51.5 Å². The van der Waals surface area contributed by atoms with E-state index >= 15 is 0 Å². The normalized spacial score (nSPS) is 15.9. The minimum Gasteiger partial charge on any atom is -0.508 e. The standard InChI is InChI=1S/C21H21N3O4/c1-12-6-7-16(26)15(10-12)18-17-19(23-22-18)21(27)24(8-9-28-2)20(17)13-4-3-5-14(25)11-13/h3-7,10-11,20,25-26H,8-9H2,1-2H3,(H,22,23)/t20-/m0/s1. The average Bonchev–Trinajstić information content (AvgIpc) is 3.21. The van der Waals surface area contributed by atoms with Gasteiger partial charge < -0.3 is 19.8 Å². The first-order valence-corrected chi connectivity index (χ1v) is 8.98. The first-order valence-electron chi connectivity index (χ1n) is 8.98. The third-order valence-electron chi connectivity index (χ3n) is 4.99. The number of nitrogens with zero attached hydrogens (tertiary/aromatic N) is 2. The predicted molar refractivity (Wildman–Crippen MR) is 103 cm³/mol. The number of rotatable bonds is 5. The molecule has 0 fully saturated rings. The number of H-pyrrole nitrogens is 1. The van der Waals surface area contributed by atoms with Crippen molar-refractivity contribution in [2.45, 2.75) is 13.0 Å². The molecule has 0 saturated heterocycles. The van der Waals surface area contributed by atoms with Gasteiger partial charge in [-0.05, 0) is 36.8 Å². The van der Waals surface area contributed by atoms with E-state index in [1.54, 1.807) is 36.3 Å². The number of fused-ring (bicyclic) bond motifs is 1. The van der Waals surface area contributed by atoms with Crippen LogP contribution in [0.3, 0.4) is 0 Å². The summed E-state index contributed by atoms with van der Waals surface area (Å²) < 4.78 is 5.18. The van der Waals surface area contributed by atoms with Crippen molar-refractivity contribution in [1.29, 1.82) is 0 Å². The summed E-state index contributed by atoms with van der Waals surface area (Å²) in [5.41, 5.74) is 3.90. The lowest BCUT2D eigenvalue weighted by Crippen LogP contribution is -2.32. The van der Waals surface area contributed by atoms with Gasteiger partial charge in [-0.3, -0.25) is 9.89 Å². The van der Waals surface area contributed by atoms with E-state index in [-0.39, 0.29) is 17.4 Å². The number of amides is 1. The molecule has 1 aliphatic heterocycles. The minimum absolute atomic E-state index is 0.0948. The first kappa shape index (κ1) is 18.1. The van der Waals surface area contributed by atoms with Crippen molar-refractivity contribution in [1.82, 2.24) is 15.1 Å². The van der Waals surface area contributed by atoms with E-state index in [0.717, 1.165) is 11.1 Å². The largest absolute Gasteiger partial charge is 0.508 e. The lowest BCUT2D eigenvalue weighted by atomic mass is 9.95. The van der Waals surface area contributed by atoms with E-state index in [9.17, 15) is 15.0 Å². The molecule has 0 unspecified atom stereocenters. The molecule has 1 aliphatic rings. The molecule has 3 N–H and O–H groups in total. The minimum atomic E-state index is -0.446. The number of ether oxygens (including phenoxy) is 1. The molecule has 1 atom stereocenters. The van der Waals surface area contributed by atoms with Gasteiger partial charge in [0, 0.05) is 24.8 Å². The Hall–Kier alpha value is -3.32. The van der Waals surface area contributed by atoms with Crippen LogP contribution in [0.25, 0.3) is 11.3 Å². The van der Waals surface area contributed by atoms with Crippen molar-refractivity contribution >= 4 is 5.91 Å². The third-order valence-corrected chi connectivity index (χ3v) is 4.99. The third kappa shape index (κ3) is 2.90. The summed E-state index contributed by atoms with van der Waals surface area (Å²) in [6.45, 7) is 2.69. The second kappa shape index (κ2) is 7.01. The van der Waals surface area contributed by atoms with Crippen LogP contribution in [0.4, 0.5) is 0 Å². The number of aromatic amines is 1. The van der Waals surface area contributed by atoms with E-state index in [1.165, 1.54) is 0 Å². The Labute approximate surface area is 162 Å². The van der Waals surface area contributed by atoms with Crippen molar-refractivity contribution in [3.05, 3.63) is 64.8 Å². The van der Waals surface area contributed by atoms with Crippen molar-refractivity contribution in [3.8, 4) is 22.8 Å². The molecule has 2 heterocycles. The van der Waals surface area contributed by atoms with Crippen LogP contribution in [0.15, 0.2) is 42.5 Å². The Bertz CT molecular complexity index is 1040. The van der Waals surface area contributed by atoms with Gasteiger partial charge in [0.05, 0.1) is 12.6 Å². The summed E-state index contributed by atoms with van der Waals surface area (Å²) in [4.78, 5) is 14.7. The molecule has 7 heteroatoms. The van der Waals surface area contributed by atoms with Gasteiger partial charge in [-0.2, -0.15) is 5.10 Å². The number of aromatic nitrogens is 2. The Balaban J connectivity index is 1.91. The van der Waals surface area contributed by atoms with Crippen LogP contribution in [0.1, 0.15) is 33.2 Å².